The van der Waals surface area contributed by atoms with Gasteiger partial charge >= 0.3 is 0 Å². The third kappa shape index (κ3) is 3.25. The minimum atomic E-state index is -2.07. The molecule has 0 saturated heterocycles. The summed E-state index contributed by atoms with van der Waals surface area (Å²) >= 11 is 0. The van der Waals surface area contributed by atoms with Crippen molar-refractivity contribution < 1.29 is 9.90 Å². The summed E-state index contributed by atoms with van der Waals surface area (Å²) in [7, 11) is -2.07. The van der Waals surface area contributed by atoms with Gasteiger partial charge in [0.1, 0.15) is 0 Å². The van der Waals surface area contributed by atoms with E-state index in [1.807, 2.05) is 20.0 Å². The lowest BCUT2D eigenvalue weighted by Crippen LogP contribution is -2.40. The molecule has 0 aromatic heterocycles. The molecule has 0 aromatic rings. The molecule has 0 unspecified atom stereocenters. The molecule has 12 heavy (non-hydrogen) atoms. The van der Waals surface area contributed by atoms with Gasteiger partial charge in [-0.1, -0.05) is 20.8 Å². The number of hydrogen-bond donors (Lipinski definition) is 2. The normalized spacial score (nSPS) is 16.2. The van der Waals surface area contributed by atoms with Gasteiger partial charge in [0, 0.05) is 6.61 Å². The first-order chi connectivity index (χ1) is 5.20. The predicted molar refractivity (Wildman–Crippen MR) is 54.6 cm³/mol. The second kappa shape index (κ2) is 3.90. The topological polar surface area (TPSA) is 40.5 Å². The maximum atomic E-state index is 9.95. The fraction of sp³-hybridized carbons (Fsp3) is 1.00. The van der Waals surface area contributed by atoms with Crippen molar-refractivity contribution in [3.63, 3.8) is 0 Å². The van der Waals surface area contributed by atoms with Crippen molar-refractivity contribution in [1.82, 2.24) is 0 Å². The van der Waals surface area contributed by atoms with Crippen LogP contribution in [-0.4, -0.2) is 24.8 Å². The Morgan fingerprint density at radius 3 is 2.00 bits per heavy atom. The van der Waals surface area contributed by atoms with E-state index in [0.717, 1.165) is 6.42 Å². The number of rotatable bonds is 4. The van der Waals surface area contributed by atoms with E-state index in [-0.39, 0.29) is 11.6 Å². The van der Waals surface area contributed by atoms with Crippen LogP contribution in [0, 0.1) is 5.92 Å². The zero-order chi connectivity index (χ0) is 9.99. The van der Waals surface area contributed by atoms with Crippen LogP contribution in [0.3, 0.4) is 0 Å². The summed E-state index contributed by atoms with van der Waals surface area (Å²) in [5, 5.41) is 8.89. The van der Waals surface area contributed by atoms with Gasteiger partial charge in [0.15, 0.2) is 8.32 Å². The lowest BCUT2D eigenvalue weighted by molar-refractivity contribution is 0.216. The minimum Gasteiger partial charge on any atom is -0.432 e. The summed E-state index contributed by atoms with van der Waals surface area (Å²) in [5.41, 5.74) is 0. The molecule has 0 fully saturated rings. The summed E-state index contributed by atoms with van der Waals surface area (Å²) in [6.45, 7) is 10.3. The third-order valence-electron chi connectivity index (χ3n) is 2.83. The van der Waals surface area contributed by atoms with Crippen molar-refractivity contribution in [1.29, 1.82) is 0 Å². The van der Waals surface area contributed by atoms with E-state index in [1.54, 1.807) is 0 Å². The summed E-state index contributed by atoms with van der Waals surface area (Å²) in [4.78, 5) is 9.95. The van der Waals surface area contributed by atoms with Crippen LogP contribution >= 0.6 is 0 Å². The van der Waals surface area contributed by atoms with Gasteiger partial charge in [-0.2, -0.15) is 0 Å². The predicted octanol–water partition coefficient (Wildman–Crippen LogP) is 1.98. The van der Waals surface area contributed by atoms with Gasteiger partial charge in [0.25, 0.3) is 0 Å². The summed E-state index contributed by atoms with van der Waals surface area (Å²) < 4.78 is 0. The molecule has 0 spiro atoms. The maximum absolute atomic E-state index is 9.95. The SMILES string of the molecule is C[C@@H](CO)CC(C)(C)[Si](C)(C)O. The first-order valence-corrected chi connectivity index (χ1v) is 7.48. The van der Waals surface area contributed by atoms with Crippen LogP contribution in [0.2, 0.25) is 18.1 Å². The fourth-order valence-electron chi connectivity index (χ4n) is 1.19. The van der Waals surface area contributed by atoms with Crippen LogP contribution in [0.1, 0.15) is 27.2 Å². The van der Waals surface area contributed by atoms with Crippen molar-refractivity contribution in [2.75, 3.05) is 6.61 Å². The standard InChI is InChI=1S/C9H22O2Si/c1-8(7-10)6-9(2,3)12(4,5)11/h8,10-11H,6-7H2,1-5H3/t8-/m1/s1. The van der Waals surface area contributed by atoms with Crippen LogP contribution in [0.15, 0.2) is 0 Å². The average Bonchev–Trinajstić information content (AvgIpc) is 1.84. The highest BCUT2D eigenvalue weighted by atomic mass is 28.4. The van der Waals surface area contributed by atoms with Crippen molar-refractivity contribution in [3.8, 4) is 0 Å². The van der Waals surface area contributed by atoms with Crippen LogP contribution in [0.4, 0.5) is 0 Å². The molecule has 2 N–H and O–H groups in total. The molecule has 1 atom stereocenters. The fourth-order valence-corrected chi connectivity index (χ4v) is 2.03. The van der Waals surface area contributed by atoms with Gasteiger partial charge in [-0.3, -0.25) is 0 Å². The average molecular weight is 190 g/mol. The van der Waals surface area contributed by atoms with E-state index >= 15 is 0 Å². The molecule has 0 amide bonds. The van der Waals surface area contributed by atoms with Gasteiger partial charge in [0.05, 0.1) is 0 Å². The van der Waals surface area contributed by atoms with Gasteiger partial charge in [-0.25, -0.2) is 0 Å². The second-order valence-corrected chi connectivity index (χ2v) is 9.41. The number of aliphatic hydroxyl groups is 1. The molecule has 3 heteroatoms. The van der Waals surface area contributed by atoms with E-state index < -0.39 is 8.32 Å². The first kappa shape index (κ1) is 12.1. The Morgan fingerprint density at radius 2 is 1.75 bits per heavy atom. The Hall–Kier alpha value is 0.137. The van der Waals surface area contributed by atoms with Crippen LogP contribution in [-0.2, 0) is 0 Å². The summed E-state index contributed by atoms with van der Waals surface area (Å²) in [6.07, 6.45) is 0.902. The lowest BCUT2D eigenvalue weighted by Gasteiger charge is -2.36. The molecule has 0 aromatic carbocycles. The lowest BCUT2D eigenvalue weighted by atomic mass is 9.99. The molecule has 0 bridgehead atoms. The molecular formula is C9H22O2Si. The molecule has 0 heterocycles. The van der Waals surface area contributed by atoms with Crippen molar-refractivity contribution in [3.05, 3.63) is 0 Å². The highest BCUT2D eigenvalue weighted by Crippen LogP contribution is 2.40. The van der Waals surface area contributed by atoms with Crippen LogP contribution < -0.4 is 0 Å². The highest BCUT2D eigenvalue weighted by molar-refractivity contribution is 6.72. The smallest absolute Gasteiger partial charge is 0.188 e. The van der Waals surface area contributed by atoms with Gasteiger partial charge in [0.2, 0.25) is 0 Å². The first-order valence-electron chi connectivity index (χ1n) is 4.54. The molecule has 0 aliphatic rings. The molecule has 0 aliphatic carbocycles. The Kier molecular flexibility index (Phi) is 3.94. The van der Waals surface area contributed by atoms with E-state index in [0.29, 0.717) is 5.92 Å². The van der Waals surface area contributed by atoms with Crippen molar-refractivity contribution in [2.45, 2.75) is 45.3 Å². The van der Waals surface area contributed by atoms with Gasteiger partial charge in [-0.15, -0.1) is 0 Å². The van der Waals surface area contributed by atoms with Crippen LogP contribution in [0.25, 0.3) is 0 Å². The highest BCUT2D eigenvalue weighted by Gasteiger charge is 2.38. The molecule has 0 radical (unpaired) electrons. The molecule has 74 valence electrons. The Bertz CT molecular complexity index is 138. The molecule has 0 aliphatic heterocycles. The van der Waals surface area contributed by atoms with Crippen molar-refractivity contribution in [2.24, 2.45) is 5.92 Å². The maximum Gasteiger partial charge on any atom is 0.188 e. The van der Waals surface area contributed by atoms with Crippen molar-refractivity contribution >= 4 is 8.32 Å². The zero-order valence-electron chi connectivity index (χ0n) is 8.89. The van der Waals surface area contributed by atoms with E-state index in [9.17, 15) is 4.80 Å². The number of aliphatic hydroxyl groups excluding tert-OH is 1. The molecule has 2 nitrogen and oxygen atoms in total. The quantitative estimate of drug-likeness (QED) is 0.666. The summed E-state index contributed by atoms with van der Waals surface area (Å²) in [5.74, 6) is 0.291. The number of hydrogen-bond acceptors (Lipinski definition) is 2. The Labute approximate surface area is 76.8 Å². The molecule has 0 saturated carbocycles. The molecule has 0 rings (SSSR count). The summed E-state index contributed by atoms with van der Waals surface area (Å²) in [6, 6.07) is 0. The monoisotopic (exact) mass is 190 g/mol. The largest absolute Gasteiger partial charge is 0.432 e. The Balaban J connectivity index is 4.22. The van der Waals surface area contributed by atoms with E-state index in [1.165, 1.54) is 0 Å². The van der Waals surface area contributed by atoms with E-state index in [2.05, 4.69) is 13.8 Å². The second-order valence-electron chi connectivity index (χ2n) is 4.93. The molecular weight excluding hydrogens is 168 g/mol. The minimum absolute atomic E-state index is 0.00481. The van der Waals surface area contributed by atoms with Crippen LogP contribution in [0.5, 0.6) is 0 Å². The zero-order valence-corrected chi connectivity index (χ0v) is 9.89. The van der Waals surface area contributed by atoms with Gasteiger partial charge in [-0.05, 0) is 30.5 Å². The van der Waals surface area contributed by atoms with Gasteiger partial charge < -0.3 is 9.90 Å². The van der Waals surface area contributed by atoms with E-state index in [4.69, 9.17) is 5.11 Å². The third-order valence-corrected chi connectivity index (χ3v) is 6.34. The Morgan fingerprint density at radius 1 is 1.33 bits per heavy atom.